The monoisotopic (exact) mass is 308 g/mol. The van der Waals surface area contributed by atoms with Crippen LogP contribution in [-0.2, 0) is 16.4 Å². The number of hydrogen-bond donors (Lipinski definition) is 2. The van der Waals surface area contributed by atoms with E-state index in [1.165, 1.54) is 0 Å². The van der Waals surface area contributed by atoms with Gasteiger partial charge >= 0.3 is 0 Å². The molecule has 0 fully saturated rings. The molecule has 0 saturated heterocycles. The molecule has 0 amide bonds. The highest BCUT2D eigenvalue weighted by atomic mass is 32.2. The number of benzene rings is 2. The molecular weight excluding hydrogens is 291 g/mol. The lowest BCUT2D eigenvalue weighted by molar-refractivity contribution is 0.557. The van der Waals surface area contributed by atoms with Gasteiger partial charge in [0.15, 0.2) is 0 Å². The fourth-order valence-corrected chi connectivity index (χ4v) is 3.05. The Balaban J connectivity index is 2.10. The fraction of sp³-hybridized carbons (Fsp3) is 0.200. The summed E-state index contributed by atoms with van der Waals surface area (Å²) in [6, 6.07) is 11.7. The molecule has 0 aliphatic rings. The number of hydrogen-bond acceptors (Lipinski definition) is 3. The van der Waals surface area contributed by atoms with Crippen molar-refractivity contribution in [3.8, 4) is 0 Å². The quantitative estimate of drug-likeness (QED) is 0.832. The first-order valence-corrected chi connectivity index (χ1v) is 7.97. The third-order valence-corrected chi connectivity index (χ3v) is 4.63. The minimum absolute atomic E-state index is 0.194. The van der Waals surface area contributed by atoms with Gasteiger partial charge in [-0.3, -0.25) is 0 Å². The molecule has 21 heavy (non-hydrogen) atoms. The zero-order valence-electron chi connectivity index (χ0n) is 11.6. The first-order valence-electron chi connectivity index (χ1n) is 6.49. The Morgan fingerprint density at radius 1 is 1.19 bits per heavy atom. The largest absolute Gasteiger partial charge is 0.398 e. The lowest BCUT2D eigenvalue weighted by atomic mass is 10.2. The Bertz CT molecular complexity index is 731. The van der Waals surface area contributed by atoms with E-state index in [-0.39, 0.29) is 12.2 Å². The van der Waals surface area contributed by atoms with E-state index in [2.05, 4.69) is 4.72 Å². The average Bonchev–Trinajstić information content (AvgIpc) is 2.43. The maximum Gasteiger partial charge on any atom is 0.243 e. The van der Waals surface area contributed by atoms with Gasteiger partial charge in [-0.25, -0.2) is 17.5 Å². The Labute approximate surface area is 123 Å². The molecule has 0 saturated carbocycles. The van der Waals surface area contributed by atoms with E-state index < -0.39 is 20.7 Å². The van der Waals surface area contributed by atoms with Gasteiger partial charge in [-0.2, -0.15) is 0 Å². The van der Waals surface area contributed by atoms with Gasteiger partial charge in [-0.1, -0.05) is 30.3 Å². The first-order chi connectivity index (χ1) is 9.90. The number of nitrogen functional groups attached to an aromatic ring is 1. The van der Waals surface area contributed by atoms with Gasteiger partial charge in [0, 0.05) is 12.2 Å². The minimum Gasteiger partial charge on any atom is -0.398 e. The van der Waals surface area contributed by atoms with Crippen LogP contribution in [0.5, 0.6) is 0 Å². The average molecular weight is 308 g/mol. The first kappa shape index (κ1) is 15.5. The van der Waals surface area contributed by atoms with E-state index in [4.69, 9.17) is 5.73 Å². The van der Waals surface area contributed by atoms with Crippen LogP contribution in [0, 0.1) is 12.7 Å². The highest BCUT2D eigenvalue weighted by Gasteiger charge is 2.19. The van der Waals surface area contributed by atoms with Crippen molar-refractivity contribution >= 4 is 15.7 Å². The minimum atomic E-state index is -3.91. The Morgan fingerprint density at radius 2 is 1.86 bits per heavy atom. The van der Waals surface area contributed by atoms with Crippen LogP contribution in [0.4, 0.5) is 10.1 Å². The lowest BCUT2D eigenvalue weighted by Crippen LogP contribution is -2.27. The van der Waals surface area contributed by atoms with Crippen molar-refractivity contribution < 1.29 is 12.8 Å². The van der Waals surface area contributed by atoms with Crippen molar-refractivity contribution in [1.29, 1.82) is 0 Å². The van der Waals surface area contributed by atoms with E-state index in [0.717, 1.165) is 17.7 Å². The van der Waals surface area contributed by atoms with Crippen LogP contribution in [-0.4, -0.2) is 15.0 Å². The fourth-order valence-electron chi connectivity index (χ4n) is 1.93. The van der Waals surface area contributed by atoms with Crippen LogP contribution >= 0.6 is 0 Å². The summed E-state index contributed by atoms with van der Waals surface area (Å²) in [6.45, 7) is 1.82. The number of halogens is 1. The van der Waals surface area contributed by atoms with Gasteiger partial charge in [0.1, 0.15) is 10.7 Å². The van der Waals surface area contributed by atoms with Gasteiger partial charge in [0.05, 0.1) is 0 Å². The smallest absolute Gasteiger partial charge is 0.243 e. The molecule has 0 aromatic heterocycles. The molecule has 0 heterocycles. The number of anilines is 1. The molecule has 6 heteroatoms. The molecule has 0 aliphatic heterocycles. The molecule has 3 N–H and O–H groups in total. The zero-order chi connectivity index (χ0) is 15.5. The van der Waals surface area contributed by atoms with Crippen LogP contribution in [0.25, 0.3) is 0 Å². The van der Waals surface area contributed by atoms with E-state index in [1.807, 2.05) is 30.3 Å². The molecule has 112 valence electrons. The van der Waals surface area contributed by atoms with Crippen molar-refractivity contribution in [2.24, 2.45) is 0 Å². The van der Waals surface area contributed by atoms with E-state index >= 15 is 0 Å². The van der Waals surface area contributed by atoms with Crippen molar-refractivity contribution in [2.45, 2.75) is 18.2 Å². The van der Waals surface area contributed by atoms with Crippen LogP contribution in [0.1, 0.15) is 11.1 Å². The molecule has 0 radical (unpaired) electrons. The van der Waals surface area contributed by atoms with Gasteiger partial charge in [0.2, 0.25) is 10.0 Å². The van der Waals surface area contributed by atoms with E-state index in [9.17, 15) is 12.8 Å². The van der Waals surface area contributed by atoms with Crippen molar-refractivity contribution in [2.75, 3.05) is 12.3 Å². The Morgan fingerprint density at radius 3 is 2.52 bits per heavy atom. The van der Waals surface area contributed by atoms with Gasteiger partial charge in [0.25, 0.3) is 0 Å². The van der Waals surface area contributed by atoms with Crippen LogP contribution in [0.15, 0.2) is 47.4 Å². The molecule has 0 aliphatic carbocycles. The Hall–Kier alpha value is -1.92. The second kappa shape index (κ2) is 6.24. The molecule has 0 unspecified atom stereocenters. The maximum absolute atomic E-state index is 13.8. The summed E-state index contributed by atoms with van der Waals surface area (Å²) in [5, 5.41) is 0. The van der Waals surface area contributed by atoms with Crippen LogP contribution in [0.3, 0.4) is 0 Å². The highest BCUT2D eigenvalue weighted by Crippen LogP contribution is 2.21. The molecule has 4 nitrogen and oxygen atoms in total. The summed E-state index contributed by atoms with van der Waals surface area (Å²) >= 11 is 0. The van der Waals surface area contributed by atoms with Gasteiger partial charge in [-0.05, 0) is 36.6 Å². The predicted octanol–water partition coefficient (Wildman–Crippen LogP) is 2.24. The molecular formula is C15H17FN2O2S. The lowest BCUT2D eigenvalue weighted by Gasteiger charge is -2.10. The van der Waals surface area contributed by atoms with E-state index in [0.29, 0.717) is 12.0 Å². The van der Waals surface area contributed by atoms with Gasteiger partial charge in [-0.15, -0.1) is 0 Å². The van der Waals surface area contributed by atoms with Crippen LogP contribution < -0.4 is 10.5 Å². The number of rotatable bonds is 5. The molecule has 0 bridgehead atoms. The molecule has 0 atom stereocenters. The third-order valence-electron chi connectivity index (χ3n) is 3.16. The predicted molar refractivity (Wildman–Crippen MR) is 80.9 cm³/mol. The molecule has 2 aromatic rings. The Kier molecular flexibility index (Phi) is 4.59. The van der Waals surface area contributed by atoms with E-state index in [1.54, 1.807) is 6.92 Å². The van der Waals surface area contributed by atoms with Crippen LogP contribution in [0.2, 0.25) is 0 Å². The summed E-state index contributed by atoms with van der Waals surface area (Å²) in [5.74, 6) is -0.797. The van der Waals surface area contributed by atoms with Crippen molar-refractivity contribution in [3.63, 3.8) is 0 Å². The molecule has 2 aromatic carbocycles. The standard InChI is InChI=1S/C15H17FN2O2S/c1-11-9-13(16)15(10-14(11)17)21(19,20)18-8-7-12-5-3-2-4-6-12/h2-6,9-10,18H,7-8,17H2,1H3. The number of sulfonamides is 1. The second-order valence-electron chi connectivity index (χ2n) is 4.77. The SMILES string of the molecule is Cc1cc(F)c(S(=O)(=O)NCCc2ccccc2)cc1N. The maximum atomic E-state index is 13.8. The van der Waals surface area contributed by atoms with Gasteiger partial charge < -0.3 is 5.73 Å². The van der Waals surface area contributed by atoms with Crippen molar-refractivity contribution in [1.82, 2.24) is 4.72 Å². The summed E-state index contributed by atoms with van der Waals surface area (Å²) < 4.78 is 40.4. The summed E-state index contributed by atoms with van der Waals surface area (Å²) in [5.41, 5.74) is 7.41. The topological polar surface area (TPSA) is 72.2 Å². The summed E-state index contributed by atoms with van der Waals surface area (Å²) in [6.07, 6.45) is 0.531. The summed E-state index contributed by atoms with van der Waals surface area (Å²) in [7, 11) is -3.91. The second-order valence-corrected chi connectivity index (χ2v) is 6.51. The molecule has 2 rings (SSSR count). The summed E-state index contributed by atoms with van der Waals surface area (Å²) in [4.78, 5) is -0.418. The number of nitrogens with one attached hydrogen (secondary N) is 1. The third kappa shape index (κ3) is 3.80. The molecule has 0 spiro atoms. The number of nitrogens with two attached hydrogens (primary N) is 1. The van der Waals surface area contributed by atoms with Crippen molar-refractivity contribution in [3.05, 3.63) is 59.4 Å². The number of aryl methyl sites for hydroxylation is 1. The normalized spacial score (nSPS) is 11.5. The zero-order valence-corrected chi connectivity index (χ0v) is 12.5. The highest BCUT2D eigenvalue weighted by molar-refractivity contribution is 7.89.